The summed E-state index contributed by atoms with van der Waals surface area (Å²) in [5, 5.41) is 0.348. The molecule has 116 valence electrons. The number of rotatable bonds is 4. The van der Waals surface area contributed by atoms with Gasteiger partial charge < -0.3 is 14.0 Å². The van der Waals surface area contributed by atoms with E-state index in [9.17, 15) is 14.4 Å². The van der Waals surface area contributed by atoms with E-state index >= 15 is 0 Å². The van der Waals surface area contributed by atoms with Crippen molar-refractivity contribution in [2.75, 3.05) is 13.2 Å². The minimum absolute atomic E-state index is 0.0935. The number of carbonyl (C=O) groups is 2. The predicted molar refractivity (Wildman–Crippen MR) is 81.1 cm³/mol. The van der Waals surface area contributed by atoms with Crippen LogP contribution in [0.5, 0.6) is 0 Å². The number of aromatic nitrogens is 1. The van der Waals surface area contributed by atoms with Crippen molar-refractivity contribution >= 4 is 22.8 Å². The van der Waals surface area contributed by atoms with Crippen molar-refractivity contribution < 1.29 is 19.1 Å². The number of hydrogen-bond donors (Lipinski definition) is 0. The Morgan fingerprint density at radius 1 is 1.05 bits per heavy atom. The lowest BCUT2D eigenvalue weighted by Gasteiger charge is -2.15. The van der Waals surface area contributed by atoms with Gasteiger partial charge in [0, 0.05) is 12.4 Å². The molecule has 0 aliphatic carbocycles. The molecule has 0 spiro atoms. The maximum Gasteiger partial charge on any atom is 0.356 e. The Balaban J connectivity index is 2.86. The second-order valence-electron chi connectivity index (χ2n) is 4.57. The van der Waals surface area contributed by atoms with Crippen LogP contribution < -0.4 is 5.43 Å². The number of ether oxygens (including phenoxy) is 2. The van der Waals surface area contributed by atoms with Gasteiger partial charge in [0.2, 0.25) is 5.43 Å². The van der Waals surface area contributed by atoms with E-state index < -0.39 is 17.4 Å². The molecule has 6 nitrogen and oxygen atoms in total. The molecule has 0 saturated carbocycles. The summed E-state index contributed by atoms with van der Waals surface area (Å²) in [5.41, 5.74) is -0.371. The molecule has 1 aromatic carbocycles. The fourth-order valence-corrected chi connectivity index (χ4v) is 2.32. The van der Waals surface area contributed by atoms with Gasteiger partial charge in [-0.2, -0.15) is 0 Å². The Labute approximate surface area is 127 Å². The summed E-state index contributed by atoms with van der Waals surface area (Å²) in [6, 6.07) is 6.76. The van der Waals surface area contributed by atoms with E-state index in [-0.39, 0.29) is 24.5 Å². The number of nitrogens with zero attached hydrogens (tertiary/aromatic N) is 1. The summed E-state index contributed by atoms with van der Waals surface area (Å²) in [5.74, 6) is -1.55. The molecule has 1 heterocycles. The van der Waals surface area contributed by atoms with Gasteiger partial charge in [0.1, 0.15) is 11.3 Å². The second kappa shape index (κ2) is 6.43. The number of carbonyl (C=O) groups excluding carboxylic acids is 2. The van der Waals surface area contributed by atoms with Crippen LogP contribution in [0, 0.1) is 0 Å². The minimum Gasteiger partial charge on any atom is -0.462 e. The van der Waals surface area contributed by atoms with Crippen molar-refractivity contribution in [2.24, 2.45) is 7.05 Å². The lowest BCUT2D eigenvalue weighted by Crippen LogP contribution is -2.28. The normalized spacial score (nSPS) is 10.5. The maximum atomic E-state index is 12.6. The largest absolute Gasteiger partial charge is 0.462 e. The van der Waals surface area contributed by atoms with Crippen molar-refractivity contribution in [3.05, 3.63) is 45.7 Å². The number of fused-ring (bicyclic) bond motifs is 1. The van der Waals surface area contributed by atoms with Crippen LogP contribution in [0.1, 0.15) is 34.7 Å². The van der Waals surface area contributed by atoms with E-state index in [4.69, 9.17) is 9.47 Å². The van der Waals surface area contributed by atoms with Gasteiger partial charge in [-0.15, -0.1) is 0 Å². The number of hydrogen-bond acceptors (Lipinski definition) is 5. The molecule has 1 aromatic heterocycles. The van der Waals surface area contributed by atoms with Crippen LogP contribution in [-0.2, 0) is 16.5 Å². The molecule has 2 rings (SSSR count). The molecule has 0 atom stereocenters. The molecule has 0 amide bonds. The van der Waals surface area contributed by atoms with E-state index in [2.05, 4.69) is 0 Å². The van der Waals surface area contributed by atoms with Crippen molar-refractivity contribution in [2.45, 2.75) is 13.8 Å². The van der Waals surface area contributed by atoms with Crippen LogP contribution in [0.2, 0.25) is 0 Å². The molecule has 0 unspecified atom stereocenters. The number of aryl methyl sites for hydroxylation is 1. The first-order valence-electron chi connectivity index (χ1n) is 6.98. The Kier molecular flexibility index (Phi) is 4.60. The first-order chi connectivity index (χ1) is 10.5. The molecule has 6 heteroatoms. The molecule has 0 saturated heterocycles. The predicted octanol–water partition coefficient (Wildman–Crippen LogP) is 1.89. The first kappa shape index (κ1) is 15.8. The fraction of sp³-hybridized carbons (Fsp3) is 0.312. The summed E-state index contributed by atoms with van der Waals surface area (Å²) in [6.07, 6.45) is 0. The van der Waals surface area contributed by atoms with Gasteiger partial charge in [0.15, 0.2) is 0 Å². The quantitative estimate of drug-likeness (QED) is 0.806. The fourth-order valence-electron chi connectivity index (χ4n) is 2.32. The smallest absolute Gasteiger partial charge is 0.356 e. The van der Waals surface area contributed by atoms with Gasteiger partial charge in [-0.3, -0.25) is 4.79 Å². The van der Waals surface area contributed by atoms with Gasteiger partial charge in [-0.1, -0.05) is 12.1 Å². The molecular formula is C16H17NO5. The Morgan fingerprint density at radius 2 is 1.64 bits per heavy atom. The zero-order valence-corrected chi connectivity index (χ0v) is 12.7. The summed E-state index contributed by atoms with van der Waals surface area (Å²) in [6.45, 7) is 3.54. The third-order valence-electron chi connectivity index (χ3n) is 3.26. The average molecular weight is 303 g/mol. The summed E-state index contributed by atoms with van der Waals surface area (Å²) in [7, 11) is 1.61. The molecule has 0 fully saturated rings. The highest BCUT2D eigenvalue weighted by molar-refractivity contribution is 6.05. The van der Waals surface area contributed by atoms with Crippen molar-refractivity contribution in [3.63, 3.8) is 0 Å². The van der Waals surface area contributed by atoms with Crippen molar-refractivity contribution in [3.8, 4) is 0 Å². The Bertz CT molecular complexity index is 791. The van der Waals surface area contributed by atoms with Crippen LogP contribution in [0.15, 0.2) is 29.1 Å². The molecule has 22 heavy (non-hydrogen) atoms. The standard InChI is InChI=1S/C16H17NO5/c1-4-21-15(19)12-13(16(20)22-5-2)17(3)11-9-7-6-8-10(11)14(12)18/h6-9H,4-5H2,1-3H3. The summed E-state index contributed by atoms with van der Waals surface area (Å²) in [4.78, 5) is 37.0. The van der Waals surface area contributed by atoms with Crippen LogP contribution in [-0.4, -0.2) is 29.7 Å². The molecule has 0 radical (unpaired) electrons. The van der Waals surface area contributed by atoms with Crippen LogP contribution in [0.25, 0.3) is 10.9 Å². The van der Waals surface area contributed by atoms with Crippen LogP contribution in [0.3, 0.4) is 0 Å². The van der Waals surface area contributed by atoms with E-state index in [1.54, 1.807) is 45.2 Å². The van der Waals surface area contributed by atoms with Gasteiger partial charge in [-0.05, 0) is 26.0 Å². The van der Waals surface area contributed by atoms with Crippen LogP contribution in [0.4, 0.5) is 0 Å². The SMILES string of the molecule is CCOC(=O)c1c(C(=O)OCC)n(C)c2ccccc2c1=O. The topological polar surface area (TPSA) is 74.6 Å². The van der Waals surface area contributed by atoms with Gasteiger partial charge in [0.05, 0.1) is 18.7 Å². The number of para-hydroxylation sites is 1. The van der Waals surface area contributed by atoms with E-state index in [0.717, 1.165) is 0 Å². The molecule has 0 aliphatic heterocycles. The lowest BCUT2D eigenvalue weighted by atomic mass is 10.1. The highest BCUT2D eigenvalue weighted by atomic mass is 16.5. The van der Waals surface area contributed by atoms with E-state index in [1.165, 1.54) is 4.57 Å². The molecule has 0 bridgehead atoms. The van der Waals surface area contributed by atoms with Crippen molar-refractivity contribution in [1.29, 1.82) is 0 Å². The lowest BCUT2D eigenvalue weighted by molar-refractivity contribution is 0.0468. The zero-order valence-electron chi connectivity index (χ0n) is 12.7. The number of esters is 2. The first-order valence-corrected chi connectivity index (χ1v) is 6.98. The Hall–Kier alpha value is -2.63. The maximum absolute atomic E-state index is 12.6. The number of benzene rings is 1. The van der Waals surface area contributed by atoms with E-state index in [0.29, 0.717) is 10.9 Å². The summed E-state index contributed by atoms with van der Waals surface area (Å²) < 4.78 is 11.4. The highest BCUT2D eigenvalue weighted by Gasteiger charge is 2.27. The third kappa shape index (κ3) is 2.59. The molecular weight excluding hydrogens is 286 g/mol. The molecule has 0 aliphatic rings. The van der Waals surface area contributed by atoms with Crippen LogP contribution >= 0.6 is 0 Å². The summed E-state index contributed by atoms with van der Waals surface area (Å²) >= 11 is 0. The molecule has 2 aromatic rings. The zero-order chi connectivity index (χ0) is 16.3. The molecule has 0 N–H and O–H groups in total. The minimum atomic E-state index is -0.822. The average Bonchev–Trinajstić information content (AvgIpc) is 2.51. The van der Waals surface area contributed by atoms with Gasteiger partial charge >= 0.3 is 11.9 Å². The monoisotopic (exact) mass is 303 g/mol. The number of pyridine rings is 1. The van der Waals surface area contributed by atoms with Gasteiger partial charge in [-0.25, -0.2) is 9.59 Å². The van der Waals surface area contributed by atoms with E-state index in [1.807, 2.05) is 0 Å². The highest BCUT2D eigenvalue weighted by Crippen LogP contribution is 2.17. The van der Waals surface area contributed by atoms with Gasteiger partial charge in [0.25, 0.3) is 0 Å². The third-order valence-corrected chi connectivity index (χ3v) is 3.26. The Morgan fingerprint density at radius 3 is 2.27 bits per heavy atom. The van der Waals surface area contributed by atoms with Crippen molar-refractivity contribution in [1.82, 2.24) is 4.57 Å². The second-order valence-corrected chi connectivity index (χ2v) is 4.57.